The maximum absolute atomic E-state index is 14.1. The molecule has 118 valence electrons. The third-order valence-electron chi connectivity index (χ3n) is 2.70. The van der Waals surface area contributed by atoms with Gasteiger partial charge in [0.1, 0.15) is 16.3 Å². The normalized spacial score (nSPS) is 11.5. The van der Waals surface area contributed by atoms with Crippen LogP contribution >= 0.6 is 0 Å². The molecule has 0 heterocycles. The van der Waals surface area contributed by atoms with E-state index in [1.807, 2.05) is 0 Å². The summed E-state index contributed by atoms with van der Waals surface area (Å²) in [5.41, 5.74) is -0.958. The maximum Gasteiger partial charge on any atom is 0.259 e. The second kappa shape index (κ2) is 6.92. The molecule has 0 saturated heterocycles. The molecule has 0 atom stereocenters. The zero-order chi connectivity index (χ0) is 16.2. The van der Waals surface area contributed by atoms with Crippen molar-refractivity contribution in [3.63, 3.8) is 0 Å². The monoisotopic (exact) mass is 322 g/mol. The Morgan fingerprint density at radius 1 is 1.38 bits per heavy atom. The van der Waals surface area contributed by atoms with Gasteiger partial charge in [0, 0.05) is 20.2 Å². The Balaban J connectivity index is 3.15. The van der Waals surface area contributed by atoms with Gasteiger partial charge in [0.2, 0.25) is 10.0 Å². The van der Waals surface area contributed by atoms with Crippen molar-refractivity contribution in [2.45, 2.75) is 11.8 Å². The number of nitrogens with zero attached hydrogens (tertiary/aromatic N) is 1. The summed E-state index contributed by atoms with van der Waals surface area (Å²) in [6.07, 6.45) is 0. The van der Waals surface area contributed by atoms with E-state index in [0.29, 0.717) is 18.7 Å². The second-order valence-electron chi connectivity index (χ2n) is 4.20. The average Bonchev–Trinajstić information content (AvgIpc) is 2.37. The molecule has 0 aliphatic rings. The minimum Gasteiger partial charge on any atom is -0.380 e. The molecule has 0 aliphatic carbocycles. The van der Waals surface area contributed by atoms with Crippen LogP contribution in [0, 0.1) is 11.6 Å². The van der Waals surface area contributed by atoms with Crippen molar-refractivity contribution in [2.24, 2.45) is 5.14 Å². The molecule has 1 rings (SSSR count). The molecule has 1 amide bonds. The highest BCUT2D eigenvalue weighted by Gasteiger charge is 2.26. The van der Waals surface area contributed by atoms with Crippen molar-refractivity contribution < 1.29 is 26.7 Å². The summed E-state index contributed by atoms with van der Waals surface area (Å²) >= 11 is 0. The molecule has 0 aromatic heterocycles. The van der Waals surface area contributed by atoms with Gasteiger partial charge in [-0.2, -0.15) is 0 Å². The van der Waals surface area contributed by atoms with E-state index in [2.05, 4.69) is 0 Å². The summed E-state index contributed by atoms with van der Waals surface area (Å²) in [6, 6.07) is 1.36. The Hall–Kier alpha value is -1.58. The van der Waals surface area contributed by atoms with E-state index in [9.17, 15) is 22.0 Å². The van der Waals surface area contributed by atoms with Crippen LogP contribution in [-0.4, -0.2) is 46.0 Å². The Labute approximate surface area is 121 Å². The number of sulfonamides is 1. The largest absolute Gasteiger partial charge is 0.380 e. The Morgan fingerprint density at radius 3 is 2.52 bits per heavy atom. The standard InChI is InChI=1S/C12H16F2N2O4S/c1-3-20-7-6-16(2)12(17)10-8(13)4-5-9(11(10)14)21(15,18)19/h4-5H,3,6-7H2,1-2H3,(H2,15,18,19). The van der Waals surface area contributed by atoms with Crippen LogP contribution in [0.15, 0.2) is 17.0 Å². The second-order valence-corrected chi connectivity index (χ2v) is 5.73. The third-order valence-corrected chi connectivity index (χ3v) is 3.63. The number of carbonyl (C=O) groups is 1. The summed E-state index contributed by atoms with van der Waals surface area (Å²) in [7, 11) is -3.07. The summed E-state index contributed by atoms with van der Waals surface area (Å²) in [4.78, 5) is 12.1. The molecule has 0 fully saturated rings. The molecule has 0 unspecified atom stereocenters. The van der Waals surface area contributed by atoms with Crippen LogP contribution in [0.25, 0.3) is 0 Å². The molecule has 21 heavy (non-hydrogen) atoms. The highest BCUT2D eigenvalue weighted by Crippen LogP contribution is 2.21. The Kier molecular flexibility index (Phi) is 5.76. The van der Waals surface area contributed by atoms with Crippen molar-refractivity contribution in [2.75, 3.05) is 26.8 Å². The molecule has 2 N–H and O–H groups in total. The van der Waals surface area contributed by atoms with E-state index in [4.69, 9.17) is 9.88 Å². The van der Waals surface area contributed by atoms with Crippen molar-refractivity contribution in [3.05, 3.63) is 29.3 Å². The number of halogens is 2. The molecular formula is C12H16F2N2O4S. The molecule has 9 heteroatoms. The number of rotatable bonds is 6. The fraction of sp³-hybridized carbons (Fsp3) is 0.417. The van der Waals surface area contributed by atoms with E-state index < -0.39 is 38.0 Å². The summed E-state index contributed by atoms with van der Waals surface area (Å²) < 4.78 is 55.1. The molecule has 1 aromatic carbocycles. The number of nitrogens with two attached hydrogens (primary N) is 1. The summed E-state index contributed by atoms with van der Waals surface area (Å²) in [5, 5.41) is 4.82. The maximum atomic E-state index is 14.1. The zero-order valence-corrected chi connectivity index (χ0v) is 12.4. The lowest BCUT2D eigenvalue weighted by Gasteiger charge is -2.18. The molecule has 0 radical (unpaired) electrons. The number of benzene rings is 1. The fourth-order valence-corrected chi connectivity index (χ4v) is 2.20. The molecule has 0 spiro atoms. The molecule has 0 aliphatic heterocycles. The SMILES string of the molecule is CCOCCN(C)C(=O)c1c(F)ccc(S(N)(=O)=O)c1F. The van der Waals surface area contributed by atoms with Gasteiger partial charge in [-0.3, -0.25) is 4.79 Å². The predicted molar refractivity (Wildman–Crippen MR) is 71.2 cm³/mol. The first-order chi connectivity index (χ1) is 9.70. The number of hydrogen-bond acceptors (Lipinski definition) is 4. The van der Waals surface area contributed by atoms with Crippen LogP contribution in [0.4, 0.5) is 8.78 Å². The minimum absolute atomic E-state index is 0.102. The van der Waals surface area contributed by atoms with Crippen LogP contribution in [-0.2, 0) is 14.8 Å². The van der Waals surface area contributed by atoms with Crippen LogP contribution < -0.4 is 5.14 Å². The van der Waals surface area contributed by atoms with Gasteiger partial charge in [-0.1, -0.05) is 0 Å². The third kappa shape index (κ3) is 4.19. The topological polar surface area (TPSA) is 89.7 Å². The quantitative estimate of drug-likeness (QED) is 0.782. The highest BCUT2D eigenvalue weighted by molar-refractivity contribution is 7.89. The first-order valence-electron chi connectivity index (χ1n) is 6.04. The van der Waals surface area contributed by atoms with Crippen LogP contribution in [0.2, 0.25) is 0 Å². The van der Waals surface area contributed by atoms with Gasteiger partial charge in [0.05, 0.1) is 6.61 Å². The van der Waals surface area contributed by atoms with Crippen LogP contribution in [0.1, 0.15) is 17.3 Å². The van der Waals surface area contributed by atoms with Gasteiger partial charge < -0.3 is 9.64 Å². The number of ether oxygens (including phenoxy) is 1. The Morgan fingerprint density at radius 2 is 2.00 bits per heavy atom. The van der Waals surface area contributed by atoms with Crippen molar-refractivity contribution in [3.8, 4) is 0 Å². The van der Waals surface area contributed by atoms with E-state index >= 15 is 0 Å². The van der Waals surface area contributed by atoms with Crippen LogP contribution in [0.5, 0.6) is 0 Å². The lowest BCUT2D eigenvalue weighted by molar-refractivity contribution is 0.0700. The minimum atomic E-state index is -4.39. The lowest BCUT2D eigenvalue weighted by atomic mass is 10.1. The van der Waals surface area contributed by atoms with Gasteiger partial charge in [0.15, 0.2) is 5.82 Å². The van der Waals surface area contributed by atoms with Crippen molar-refractivity contribution in [1.29, 1.82) is 0 Å². The van der Waals surface area contributed by atoms with Gasteiger partial charge in [-0.05, 0) is 19.1 Å². The number of carbonyl (C=O) groups excluding carboxylic acids is 1. The fourth-order valence-electron chi connectivity index (χ4n) is 1.59. The summed E-state index contributed by atoms with van der Waals surface area (Å²) in [6.45, 7) is 2.49. The number of primary sulfonamides is 1. The molecule has 0 bridgehead atoms. The molecule has 6 nitrogen and oxygen atoms in total. The average molecular weight is 322 g/mol. The lowest BCUT2D eigenvalue weighted by Crippen LogP contribution is -2.32. The van der Waals surface area contributed by atoms with Crippen LogP contribution in [0.3, 0.4) is 0 Å². The van der Waals surface area contributed by atoms with Gasteiger partial charge in [-0.15, -0.1) is 0 Å². The number of amides is 1. The smallest absolute Gasteiger partial charge is 0.259 e. The first-order valence-corrected chi connectivity index (χ1v) is 7.58. The van der Waals surface area contributed by atoms with Gasteiger partial charge in [-0.25, -0.2) is 22.3 Å². The summed E-state index contributed by atoms with van der Waals surface area (Å²) in [5.74, 6) is -3.64. The van der Waals surface area contributed by atoms with E-state index in [1.165, 1.54) is 7.05 Å². The zero-order valence-electron chi connectivity index (χ0n) is 11.6. The molecule has 1 aromatic rings. The van der Waals surface area contributed by atoms with E-state index in [1.54, 1.807) is 6.92 Å². The van der Waals surface area contributed by atoms with E-state index in [0.717, 1.165) is 4.90 Å². The number of hydrogen-bond donors (Lipinski definition) is 1. The Bertz CT molecular complexity index is 634. The highest BCUT2D eigenvalue weighted by atomic mass is 32.2. The first kappa shape index (κ1) is 17.5. The van der Waals surface area contributed by atoms with Gasteiger partial charge >= 0.3 is 0 Å². The van der Waals surface area contributed by atoms with Gasteiger partial charge in [0.25, 0.3) is 5.91 Å². The van der Waals surface area contributed by atoms with Crippen molar-refractivity contribution >= 4 is 15.9 Å². The predicted octanol–water partition coefficient (Wildman–Crippen LogP) is 0.721. The van der Waals surface area contributed by atoms with E-state index in [-0.39, 0.29) is 13.2 Å². The van der Waals surface area contributed by atoms with Crippen molar-refractivity contribution in [1.82, 2.24) is 4.90 Å². The number of likely N-dealkylation sites (N-methyl/N-ethyl adjacent to an activating group) is 1. The molecular weight excluding hydrogens is 306 g/mol. The molecule has 0 saturated carbocycles.